The molecule has 0 saturated heterocycles. The van der Waals surface area contributed by atoms with Gasteiger partial charge in [-0.2, -0.15) is 0 Å². The van der Waals surface area contributed by atoms with E-state index in [9.17, 15) is 14.4 Å². The Labute approximate surface area is 469 Å². The first-order chi connectivity index (χ1) is 37.0. The molecule has 0 aromatic heterocycles. The zero-order valence-electron chi connectivity index (χ0n) is 51.1. The summed E-state index contributed by atoms with van der Waals surface area (Å²) in [5, 5.41) is 0. The van der Waals surface area contributed by atoms with E-state index in [1.165, 1.54) is 283 Å². The lowest BCUT2D eigenvalue weighted by atomic mass is 10.0. The number of hydrogen-bond acceptors (Lipinski definition) is 6. The summed E-state index contributed by atoms with van der Waals surface area (Å²) in [6.45, 7) is 6.66. The third-order valence-electron chi connectivity index (χ3n) is 15.8. The molecule has 0 rings (SSSR count). The van der Waals surface area contributed by atoms with Crippen molar-refractivity contribution in [2.75, 3.05) is 13.2 Å². The second kappa shape index (κ2) is 64.7. The Hall–Kier alpha value is -1.85. The number of rotatable bonds is 64. The highest BCUT2D eigenvalue weighted by Crippen LogP contribution is 2.19. The van der Waals surface area contributed by atoms with Crippen LogP contribution < -0.4 is 0 Å². The van der Waals surface area contributed by atoms with Crippen LogP contribution in [-0.2, 0) is 28.6 Å². The van der Waals surface area contributed by atoms with Crippen LogP contribution in [0.3, 0.4) is 0 Å². The van der Waals surface area contributed by atoms with E-state index in [1.54, 1.807) is 0 Å². The van der Waals surface area contributed by atoms with Gasteiger partial charge in [0, 0.05) is 19.3 Å². The van der Waals surface area contributed by atoms with Crippen LogP contribution in [0.4, 0.5) is 0 Å². The Morgan fingerprint density at radius 1 is 0.253 bits per heavy atom. The quantitative estimate of drug-likeness (QED) is 0.0261. The molecule has 0 aliphatic heterocycles. The normalized spacial score (nSPS) is 12.0. The van der Waals surface area contributed by atoms with Crippen LogP contribution >= 0.6 is 0 Å². The first-order valence-corrected chi connectivity index (χ1v) is 34.2. The van der Waals surface area contributed by atoms with Crippen molar-refractivity contribution >= 4 is 17.9 Å². The maximum atomic E-state index is 12.9. The fraction of sp³-hybridized carbons (Fsp3) is 0.928. The van der Waals surface area contributed by atoms with Gasteiger partial charge in [0.05, 0.1) is 0 Å². The summed E-state index contributed by atoms with van der Waals surface area (Å²) in [7, 11) is 0. The molecule has 0 fully saturated rings. The predicted molar refractivity (Wildman–Crippen MR) is 326 cm³/mol. The van der Waals surface area contributed by atoms with Gasteiger partial charge in [-0.1, -0.05) is 348 Å². The molecule has 1 atom stereocenters. The van der Waals surface area contributed by atoms with Crippen LogP contribution in [0.15, 0.2) is 12.2 Å². The van der Waals surface area contributed by atoms with Crippen molar-refractivity contribution in [3.05, 3.63) is 12.2 Å². The summed E-state index contributed by atoms with van der Waals surface area (Å²) in [6, 6.07) is 0. The lowest BCUT2D eigenvalue weighted by Gasteiger charge is -2.18. The summed E-state index contributed by atoms with van der Waals surface area (Å²) in [5.74, 6) is -0.846. The topological polar surface area (TPSA) is 78.9 Å². The Balaban J connectivity index is 4.11. The second-order valence-corrected chi connectivity index (χ2v) is 23.5. The first-order valence-electron chi connectivity index (χ1n) is 34.2. The van der Waals surface area contributed by atoms with Crippen LogP contribution in [0, 0.1) is 0 Å². The number of unbranched alkanes of at least 4 members (excludes halogenated alkanes) is 51. The van der Waals surface area contributed by atoms with Crippen molar-refractivity contribution in [2.24, 2.45) is 0 Å². The molecule has 0 amide bonds. The molecule has 0 aromatic carbocycles. The van der Waals surface area contributed by atoms with E-state index >= 15 is 0 Å². The van der Waals surface area contributed by atoms with Crippen LogP contribution in [0.5, 0.6) is 0 Å². The van der Waals surface area contributed by atoms with E-state index in [0.717, 1.165) is 70.6 Å². The molecule has 0 radical (unpaired) electrons. The van der Waals surface area contributed by atoms with Gasteiger partial charge in [0.15, 0.2) is 6.10 Å². The Bertz CT molecular complexity index is 1170. The van der Waals surface area contributed by atoms with Crippen molar-refractivity contribution in [3.63, 3.8) is 0 Å². The second-order valence-electron chi connectivity index (χ2n) is 23.5. The monoisotopic (exact) mass is 1060 g/mol. The standard InChI is InChI=1S/C69H132O6/c1-4-7-10-13-16-19-22-24-26-28-30-32-33-34-35-36-37-38-40-41-43-45-47-50-53-56-59-62-68(71)74-65-66(64-73-67(70)61-58-55-52-49-21-18-15-12-9-6-3)75-69(72)63-60-57-54-51-48-46-44-42-39-31-29-27-25-23-20-17-14-11-8-5-2/h12,15,66H,4-11,13-14,16-65H2,1-3H3/b15-12-. The molecular formula is C69H132O6. The number of carbonyl (C=O) groups is 3. The van der Waals surface area contributed by atoms with Crippen LogP contribution in [0.1, 0.15) is 393 Å². The molecule has 0 aliphatic carbocycles. The summed E-state index contributed by atoms with van der Waals surface area (Å²) in [4.78, 5) is 38.3. The van der Waals surface area contributed by atoms with E-state index in [4.69, 9.17) is 14.2 Å². The fourth-order valence-corrected chi connectivity index (χ4v) is 10.6. The summed E-state index contributed by atoms with van der Waals surface area (Å²) < 4.78 is 16.9. The average molecular weight is 1060 g/mol. The minimum atomic E-state index is -0.768. The molecule has 0 bridgehead atoms. The van der Waals surface area contributed by atoms with E-state index in [1.807, 2.05) is 0 Å². The van der Waals surface area contributed by atoms with Gasteiger partial charge < -0.3 is 14.2 Å². The fourth-order valence-electron chi connectivity index (χ4n) is 10.6. The van der Waals surface area contributed by atoms with Crippen molar-refractivity contribution in [3.8, 4) is 0 Å². The van der Waals surface area contributed by atoms with Gasteiger partial charge in [0.2, 0.25) is 0 Å². The first kappa shape index (κ1) is 73.2. The highest BCUT2D eigenvalue weighted by molar-refractivity contribution is 5.71. The highest BCUT2D eigenvalue weighted by atomic mass is 16.6. The van der Waals surface area contributed by atoms with Crippen LogP contribution in [-0.4, -0.2) is 37.2 Å². The molecular weight excluding hydrogens is 925 g/mol. The van der Waals surface area contributed by atoms with Crippen molar-refractivity contribution in [2.45, 2.75) is 399 Å². The zero-order valence-corrected chi connectivity index (χ0v) is 51.1. The molecule has 6 heteroatoms. The maximum absolute atomic E-state index is 12.9. The van der Waals surface area contributed by atoms with E-state index in [0.29, 0.717) is 19.3 Å². The lowest BCUT2D eigenvalue weighted by molar-refractivity contribution is -0.167. The molecule has 444 valence electrons. The molecule has 0 spiro atoms. The number of carbonyl (C=O) groups excluding carboxylic acids is 3. The predicted octanol–water partition coefficient (Wildman–Crippen LogP) is 23.2. The van der Waals surface area contributed by atoms with Crippen LogP contribution in [0.2, 0.25) is 0 Å². The average Bonchev–Trinajstić information content (AvgIpc) is 3.41. The molecule has 75 heavy (non-hydrogen) atoms. The molecule has 0 saturated carbocycles. The summed E-state index contributed by atoms with van der Waals surface area (Å²) in [5.41, 5.74) is 0. The van der Waals surface area contributed by atoms with E-state index < -0.39 is 6.10 Å². The lowest BCUT2D eigenvalue weighted by Crippen LogP contribution is -2.30. The number of ether oxygens (including phenoxy) is 3. The van der Waals surface area contributed by atoms with Gasteiger partial charge in [-0.15, -0.1) is 0 Å². The largest absolute Gasteiger partial charge is 0.462 e. The minimum Gasteiger partial charge on any atom is -0.462 e. The van der Waals surface area contributed by atoms with Gasteiger partial charge in [0.1, 0.15) is 13.2 Å². The van der Waals surface area contributed by atoms with Crippen molar-refractivity contribution in [1.29, 1.82) is 0 Å². The number of esters is 3. The van der Waals surface area contributed by atoms with Crippen molar-refractivity contribution < 1.29 is 28.6 Å². The number of allylic oxidation sites excluding steroid dienone is 2. The van der Waals surface area contributed by atoms with Gasteiger partial charge in [-0.25, -0.2) is 0 Å². The van der Waals surface area contributed by atoms with Gasteiger partial charge in [-0.3, -0.25) is 14.4 Å². The summed E-state index contributed by atoms with van der Waals surface area (Å²) >= 11 is 0. The van der Waals surface area contributed by atoms with Crippen LogP contribution in [0.25, 0.3) is 0 Å². The Kier molecular flexibility index (Phi) is 63.1. The SMILES string of the molecule is CCC/C=C\CCCCCCCC(=O)OCC(COC(=O)CCCCCCCCCCCCCCCCCCCCCCCCCCCCC)OC(=O)CCCCCCCCCCCCCCCCCCCCCC. The molecule has 0 N–H and O–H groups in total. The third-order valence-corrected chi connectivity index (χ3v) is 15.8. The molecule has 6 nitrogen and oxygen atoms in total. The van der Waals surface area contributed by atoms with Gasteiger partial charge in [-0.05, 0) is 38.5 Å². The smallest absolute Gasteiger partial charge is 0.306 e. The molecule has 0 aromatic rings. The number of hydrogen-bond donors (Lipinski definition) is 0. The zero-order chi connectivity index (χ0) is 54.3. The minimum absolute atomic E-state index is 0.0662. The van der Waals surface area contributed by atoms with Gasteiger partial charge in [0.25, 0.3) is 0 Å². The third kappa shape index (κ3) is 62.9. The van der Waals surface area contributed by atoms with Crippen molar-refractivity contribution in [1.82, 2.24) is 0 Å². The molecule has 0 aliphatic rings. The van der Waals surface area contributed by atoms with E-state index in [2.05, 4.69) is 32.9 Å². The highest BCUT2D eigenvalue weighted by Gasteiger charge is 2.19. The molecule has 0 heterocycles. The van der Waals surface area contributed by atoms with Gasteiger partial charge >= 0.3 is 17.9 Å². The Morgan fingerprint density at radius 3 is 0.720 bits per heavy atom. The Morgan fingerprint density at radius 2 is 0.467 bits per heavy atom. The maximum Gasteiger partial charge on any atom is 0.306 e. The summed E-state index contributed by atoms with van der Waals surface area (Å²) in [6.07, 6.45) is 76.8. The molecule has 1 unspecified atom stereocenters. The van der Waals surface area contributed by atoms with E-state index in [-0.39, 0.29) is 31.1 Å².